The predicted molar refractivity (Wildman–Crippen MR) is 207 cm³/mol. The van der Waals surface area contributed by atoms with Gasteiger partial charge in [0.05, 0.1) is 22.4 Å². The van der Waals surface area contributed by atoms with E-state index in [0.717, 1.165) is 55.7 Å². The number of hydrogen-bond donors (Lipinski definition) is 0. The molecule has 0 unspecified atom stereocenters. The Hall–Kier alpha value is -5.56. The van der Waals surface area contributed by atoms with E-state index in [4.69, 9.17) is 23.5 Å². The number of hydrogen-bond acceptors (Lipinski definition) is 5. The Labute approximate surface area is 325 Å². The molecule has 1 radical (unpaired) electrons. The number of pyridine rings is 1. The van der Waals surface area contributed by atoms with E-state index >= 15 is 0 Å². The summed E-state index contributed by atoms with van der Waals surface area (Å²) in [5.74, 6) is 0.963. The molecule has 4 aromatic heterocycles. The molecule has 0 aliphatic rings. The molecular formula is C45H36FIrN5O-2. The molecule has 53 heavy (non-hydrogen) atoms. The third kappa shape index (κ3) is 6.76. The largest absolute Gasteiger partial charge is 0.501 e. The van der Waals surface area contributed by atoms with Crippen LogP contribution in [0.3, 0.4) is 0 Å². The summed E-state index contributed by atoms with van der Waals surface area (Å²) in [5, 5.41) is 2.12. The first-order valence-corrected chi connectivity index (χ1v) is 17.2. The Morgan fingerprint density at radius 2 is 1.49 bits per heavy atom. The van der Waals surface area contributed by atoms with Gasteiger partial charge in [-0.15, -0.1) is 48.0 Å². The van der Waals surface area contributed by atoms with Crippen molar-refractivity contribution < 1.29 is 33.0 Å². The van der Waals surface area contributed by atoms with Crippen LogP contribution in [0.25, 0.3) is 72.6 Å². The standard InChI is InChI=1S/C33H27N4O.C12H9FN.Ir/c1-19(2)21-12-9-13-22(20(3)4)29(21)37-32(36-31-33(37)35-27-17-7-6-16-26(27)34-31)25-15-10-14-24-23-11-5-8-18-28(23)38-30(24)25;1-9-2-7-12(14-8-9)10-3-5-11(13)6-4-10;/h5-14,16-20H,1-4H3;2-3,5-8H,1H3;/q2*-1;/i;1D3;. The van der Waals surface area contributed by atoms with Gasteiger partial charge in [0, 0.05) is 47.3 Å². The molecule has 0 saturated heterocycles. The maximum atomic E-state index is 12.7. The number of benzene rings is 5. The van der Waals surface area contributed by atoms with Crippen LogP contribution in [0.2, 0.25) is 0 Å². The molecule has 0 amide bonds. The van der Waals surface area contributed by atoms with Crippen LogP contribution >= 0.6 is 0 Å². The van der Waals surface area contributed by atoms with Crippen molar-refractivity contribution >= 4 is 44.3 Å². The topological polar surface area (TPSA) is 69.6 Å². The average Bonchev–Trinajstić information content (AvgIpc) is 3.75. The van der Waals surface area contributed by atoms with Crippen molar-refractivity contribution in [3.05, 3.63) is 150 Å². The molecule has 9 rings (SSSR count). The van der Waals surface area contributed by atoms with Crippen molar-refractivity contribution in [2.24, 2.45) is 0 Å². The van der Waals surface area contributed by atoms with Gasteiger partial charge >= 0.3 is 0 Å². The van der Waals surface area contributed by atoms with Crippen LogP contribution in [-0.4, -0.2) is 24.5 Å². The van der Waals surface area contributed by atoms with E-state index in [1.54, 1.807) is 12.1 Å². The van der Waals surface area contributed by atoms with Crippen LogP contribution in [0.4, 0.5) is 4.39 Å². The number of halogens is 1. The molecule has 0 saturated carbocycles. The zero-order valence-corrected chi connectivity index (χ0v) is 31.9. The molecular weight excluding hydrogens is 838 g/mol. The normalized spacial score (nSPS) is 12.5. The fraction of sp³-hybridized carbons (Fsp3) is 0.156. The molecule has 6 nitrogen and oxygen atoms in total. The van der Waals surface area contributed by atoms with Crippen LogP contribution in [-0.2, 0) is 20.1 Å². The van der Waals surface area contributed by atoms with Gasteiger partial charge in [-0.05, 0) is 59.3 Å². The minimum atomic E-state index is -2.15. The average molecular weight is 877 g/mol. The summed E-state index contributed by atoms with van der Waals surface area (Å²) in [6.45, 7) is 6.77. The minimum absolute atomic E-state index is 0. The minimum Gasteiger partial charge on any atom is -0.501 e. The molecule has 0 fully saturated rings. The second-order valence-electron chi connectivity index (χ2n) is 13.3. The van der Waals surface area contributed by atoms with Crippen molar-refractivity contribution in [3.63, 3.8) is 0 Å². The SMILES string of the molecule is CC(C)c1cccc(C(C)C)c1-n1c(-c2[c-]ccc3c2oc2ccccc23)nc2nc3ccccc3nc21.[2H]C([2H])([2H])c1ccc(-c2[c-]cc(F)cc2)nc1.[Ir]. The summed E-state index contributed by atoms with van der Waals surface area (Å²) >= 11 is 0. The van der Waals surface area contributed by atoms with E-state index in [0.29, 0.717) is 28.7 Å². The van der Waals surface area contributed by atoms with E-state index < -0.39 is 6.85 Å². The van der Waals surface area contributed by atoms with Gasteiger partial charge in [-0.1, -0.05) is 99.3 Å². The van der Waals surface area contributed by atoms with Gasteiger partial charge in [-0.2, -0.15) is 0 Å². The predicted octanol–water partition coefficient (Wildman–Crippen LogP) is 11.6. The van der Waals surface area contributed by atoms with E-state index in [-0.39, 0.29) is 31.5 Å². The molecule has 0 N–H and O–H groups in total. The number of aryl methyl sites for hydroxylation is 1. The first kappa shape index (κ1) is 32.1. The van der Waals surface area contributed by atoms with Gasteiger partial charge < -0.3 is 14.0 Å². The van der Waals surface area contributed by atoms with Crippen molar-refractivity contribution in [1.29, 1.82) is 0 Å². The maximum absolute atomic E-state index is 12.7. The summed E-state index contributed by atoms with van der Waals surface area (Å²) < 4.78 is 43.0. The first-order valence-electron chi connectivity index (χ1n) is 18.7. The van der Waals surface area contributed by atoms with Crippen molar-refractivity contribution in [1.82, 2.24) is 24.5 Å². The molecule has 265 valence electrons. The Morgan fingerprint density at radius 1 is 0.755 bits per heavy atom. The molecule has 0 bridgehead atoms. The molecule has 8 heteroatoms. The second-order valence-corrected chi connectivity index (χ2v) is 13.3. The van der Waals surface area contributed by atoms with Gasteiger partial charge in [0.15, 0.2) is 11.3 Å². The zero-order chi connectivity index (χ0) is 38.4. The number of para-hydroxylation sites is 4. The van der Waals surface area contributed by atoms with Gasteiger partial charge in [-0.3, -0.25) is 9.37 Å². The fourth-order valence-corrected chi connectivity index (χ4v) is 6.58. The van der Waals surface area contributed by atoms with Crippen molar-refractivity contribution in [2.75, 3.05) is 0 Å². The van der Waals surface area contributed by atoms with E-state index in [1.165, 1.54) is 35.5 Å². The summed E-state index contributed by atoms with van der Waals surface area (Å²) in [6.07, 6.45) is 1.31. The van der Waals surface area contributed by atoms with Crippen LogP contribution in [0.5, 0.6) is 0 Å². The third-order valence-corrected chi connectivity index (χ3v) is 9.11. The van der Waals surface area contributed by atoms with Gasteiger partial charge in [0.2, 0.25) is 0 Å². The number of aromatic nitrogens is 5. The van der Waals surface area contributed by atoms with Gasteiger partial charge in [0.25, 0.3) is 0 Å². The maximum Gasteiger partial charge on any atom is 0.188 e. The molecule has 5 aromatic carbocycles. The van der Waals surface area contributed by atoms with Crippen LogP contribution < -0.4 is 0 Å². The Morgan fingerprint density at radius 3 is 2.17 bits per heavy atom. The Bertz CT molecular complexity index is 2800. The van der Waals surface area contributed by atoms with Gasteiger partial charge in [-0.25, -0.2) is 9.97 Å². The summed E-state index contributed by atoms with van der Waals surface area (Å²) in [7, 11) is 0. The molecule has 9 aromatic rings. The Kier molecular flexibility index (Phi) is 8.98. The smallest absolute Gasteiger partial charge is 0.188 e. The number of fused-ring (bicyclic) bond motifs is 5. The van der Waals surface area contributed by atoms with Crippen LogP contribution in [0.1, 0.15) is 60.3 Å². The fourth-order valence-electron chi connectivity index (χ4n) is 6.58. The molecule has 4 heterocycles. The summed E-state index contributed by atoms with van der Waals surface area (Å²) in [6, 6.07) is 40.0. The molecule has 0 aliphatic carbocycles. The second kappa shape index (κ2) is 14.8. The quantitative estimate of drug-likeness (QED) is 0.161. The van der Waals surface area contributed by atoms with E-state index in [9.17, 15) is 4.39 Å². The van der Waals surface area contributed by atoms with E-state index in [2.05, 4.69) is 79.7 Å². The first-order chi connectivity index (χ1) is 26.5. The van der Waals surface area contributed by atoms with Gasteiger partial charge in [0.1, 0.15) is 5.58 Å². The number of furan rings is 1. The zero-order valence-electron chi connectivity index (χ0n) is 32.5. The van der Waals surface area contributed by atoms with Crippen molar-refractivity contribution in [3.8, 4) is 28.3 Å². The molecule has 0 spiro atoms. The summed E-state index contributed by atoms with van der Waals surface area (Å²) in [4.78, 5) is 19.2. The molecule has 0 atom stereocenters. The third-order valence-electron chi connectivity index (χ3n) is 9.11. The van der Waals surface area contributed by atoms with Crippen molar-refractivity contribution in [2.45, 2.75) is 46.4 Å². The monoisotopic (exact) mass is 877 g/mol. The summed E-state index contributed by atoms with van der Waals surface area (Å²) in [5.41, 5.74) is 10.4. The number of imidazole rings is 1. The Balaban J connectivity index is 0.000000225. The van der Waals surface area contributed by atoms with Crippen LogP contribution in [0.15, 0.2) is 120 Å². The number of rotatable bonds is 5. The molecule has 0 aliphatic heterocycles. The van der Waals surface area contributed by atoms with E-state index in [1.807, 2.05) is 48.5 Å². The van der Waals surface area contributed by atoms with Crippen LogP contribution in [0, 0.1) is 24.8 Å². The number of nitrogens with zero attached hydrogens (tertiary/aromatic N) is 5.